The van der Waals surface area contributed by atoms with Crippen LogP contribution in [0.25, 0.3) is 0 Å². The van der Waals surface area contributed by atoms with Crippen LogP contribution in [-0.2, 0) is 17.7 Å². The molecule has 0 aromatic carbocycles. The van der Waals surface area contributed by atoms with Crippen molar-refractivity contribution < 1.29 is 9.53 Å². The largest absolute Gasteiger partial charge is 0.444 e. The van der Waals surface area contributed by atoms with Crippen LogP contribution in [-0.4, -0.2) is 44.4 Å². The van der Waals surface area contributed by atoms with Gasteiger partial charge in [0.2, 0.25) is 0 Å². The fourth-order valence-corrected chi connectivity index (χ4v) is 3.49. The molecule has 1 aromatic rings. The zero-order valence-corrected chi connectivity index (χ0v) is 14.5. The molecule has 6 nitrogen and oxygen atoms in total. The van der Waals surface area contributed by atoms with Gasteiger partial charge in [0.15, 0.2) is 0 Å². The predicted molar refractivity (Wildman–Crippen MR) is 87.4 cm³/mol. The molecular weight excluding hydrogens is 292 g/mol. The molecule has 3 heterocycles. The Balaban J connectivity index is 1.72. The van der Waals surface area contributed by atoms with Gasteiger partial charge in [-0.2, -0.15) is 0 Å². The number of rotatable bonds is 1. The topological polar surface area (TPSA) is 60.2 Å². The standard InChI is InChI=1S/C17H28N4O2/c1-17(2,3)23-16(22)20-10-7-8-13(12-20)15-19-18-14-9-5-4-6-11-21(14)15/h13H,4-12H2,1-3H3. The molecule has 1 saturated heterocycles. The molecule has 1 atom stereocenters. The van der Waals surface area contributed by atoms with E-state index in [1.54, 1.807) is 0 Å². The Morgan fingerprint density at radius 3 is 2.74 bits per heavy atom. The molecule has 6 heteroatoms. The highest BCUT2D eigenvalue weighted by Crippen LogP contribution is 2.28. The van der Waals surface area contributed by atoms with Gasteiger partial charge in [0.05, 0.1) is 0 Å². The van der Waals surface area contributed by atoms with E-state index in [1.165, 1.54) is 19.3 Å². The van der Waals surface area contributed by atoms with Gasteiger partial charge in [-0.15, -0.1) is 10.2 Å². The molecule has 0 N–H and O–H groups in total. The molecule has 0 saturated carbocycles. The van der Waals surface area contributed by atoms with Gasteiger partial charge in [0.1, 0.15) is 17.2 Å². The zero-order chi connectivity index (χ0) is 16.4. The Morgan fingerprint density at radius 1 is 1.13 bits per heavy atom. The maximum Gasteiger partial charge on any atom is 0.410 e. The summed E-state index contributed by atoms with van der Waals surface area (Å²) in [6.45, 7) is 8.19. The van der Waals surface area contributed by atoms with E-state index in [0.717, 1.165) is 44.0 Å². The third-order valence-electron chi connectivity index (χ3n) is 4.58. The summed E-state index contributed by atoms with van der Waals surface area (Å²) in [6, 6.07) is 0. The van der Waals surface area contributed by atoms with E-state index in [2.05, 4.69) is 14.8 Å². The Hall–Kier alpha value is -1.59. The Bertz CT molecular complexity index is 561. The van der Waals surface area contributed by atoms with Crippen LogP contribution in [0.15, 0.2) is 0 Å². The third-order valence-corrected chi connectivity index (χ3v) is 4.58. The molecule has 23 heavy (non-hydrogen) atoms. The molecule has 1 unspecified atom stereocenters. The van der Waals surface area contributed by atoms with Crippen LogP contribution in [0.1, 0.15) is 70.4 Å². The van der Waals surface area contributed by atoms with Crippen molar-refractivity contribution in [3.05, 3.63) is 11.6 Å². The molecule has 1 amide bonds. The molecule has 128 valence electrons. The van der Waals surface area contributed by atoms with Crippen molar-refractivity contribution in [1.82, 2.24) is 19.7 Å². The highest BCUT2D eigenvalue weighted by atomic mass is 16.6. The summed E-state index contributed by atoms with van der Waals surface area (Å²) in [6.07, 6.45) is 6.53. The number of amides is 1. The summed E-state index contributed by atoms with van der Waals surface area (Å²) in [5, 5.41) is 8.87. The van der Waals surface area contributed by atoms with Crippen LogP contribution >= 0.6 is 0 Å². The number of aryl methyl sites for hydroxylation is 1. The number of ether oxygens (including phenoxy) is 1. The quantitative estimate of drug-likeness (QED) is 0.797. The third kappa shape index (κ3) is 3.85. The van der Waals surface area contributed by atoms with Crippen LogP contribution in [0.3, 0.4) is 0 Å². The minimum Gasteiger partial charge on any atom is -0.444 e. The summed E-state index contributed by atoms with van der Waals surface area (Å²) in [4.78, 5) is 14.2. The zero-order valence-electron chi connectivity index (χ0n) is 14.5. The number of likely N-dealkylation sites (tertiary alicyclic amines) is 1. The van der Waals surface area contributed by atoms with Crippen molar-refractivity contribution in [2.75, 3.05) is 13.1 Å². The van der Waals surface area contributed by atoms with Crippen molar-refractivity contribution in [1.29, 1.82) is 0 Å². The molecule has 1 fully saturated rings. The SMILES string of the molecule is CC(C)(C)OC(=O)N1CCCC(c2nnc3n2CCCCC3)C1. The average Bonchev–Trinajstić information content (AvgIpc) is 2.74. The minimum atomic E-state index is -0.448. The smallest absolute Gasteiger partial charge is 0.410 e. The molecular formula is C17H28N4O2. The first-order valence-corrected chi connectivity index (χ1v) is 8.84. The van der Waals surface area contributed by atoms with E-state index >= 15 is 0 Å². The molecule has 3 rings (SSSR count). The van der Waals surface area contributed by atoms with Gasteiger partial charge in [-0.3, -0.25) is 0 Å². The van der Waals surface area contributed by atoms with Crippen molar-refractivity contribution >= 4 is 6.09 Å². The van der Waals surface area contributed by atoms with Crippen LogP contribution in [0.4, 0.5) is 4.79 Å². The first-order valence-electron chi connectivity index (χ1n) is 8.84. The van der Waals surface area contributed by atoms with Gasteiger partial charge in [0.25, 0.3) is 0 Å². The Morgan fingerprint density at radius 2 is 1.96 bits per heavy atom. The lowest BCUT2D eigenvalue weighted by molar-refractivity contribution is 0.0194. The fraction of sp³-hybridized carbons (Fsp3) is 0.824. The minimum absolute atomic E-state index is 0.210. The summed E-state index contributed by atoms with van der Waals surface area (Å²) in [5.74, 6) is 2.46. The lowest BCUT2D eigenvalue weighted by Crippen LogP contribution is -2.42. The van der Waals surface area contributed by atoms with Crippen molar-refractivity contribution in [3.8, 4) is 0 Å². The first kappa shape index (κ1) is 16.3. The number of piperidine rings is 1. The van der Waals surface area contributed by atoms with Crippen molar-refractivity contribution in [2.24, 2.45) is 0 Å². The summed E-state index contributed by atoms with van der Waals surface area (Å²) >= 11 is 0. The van der Waals surface area contributed by atoms with Crippen LogP contribution in [0.5, 0.6) is 0 Å². The lowest BCUT2D eigenvalue weighted by Gasteiger charge is -2.33. The van der Waals surface area contributed by atoms with E-state index in [9.17, 15) is 4.79 Å². The normalized spacial score (nSPS) is 22.4. The van der Waals surface area contributed by atoms with Crippen molar-refractivity contribution in [3.63, 3.8) is 0 Å². The monoisotopic (exact) mass is 320 g/mol. The van der Waals surface area contributed by atoms with Crippen molar-refractivity contribution in [2.45, 2.75) is 77.4 Å². The number of aromatic nitrogens is 3. The van der Waals surface area contributed by atoms with E-state index in [4.69, 9.17) is 4.74 Å². The van der Waals surface area contributed by atoms with Gasteiger partial charge in [0, 0.05) is 32.0 Å². The predicted octanol–water partition coefficient (Wildman–Crippen LogP) is 3.12. The summed E-state index contributed by atoms with van der Waals surface area (Å²) in [5.41, 5.74) is -0.448. The van der Waals surface area contributed by atoms with E-state index < -0.39 is 5.60 Å². The maximum atomic E-state index is 12.3. The molecule has 0 aliphatic carbocycles. The van der Waals surface area contributed by atoms with Gasteiger partial charge in [-0.25, -0.2) is 4.79 Å². The van der Waals surface area contributed by atoms with Gasteiger partial charge >= 0.3 is 6.09 Å². The molecule has 1 aromatic heterocycles. The van der Waals surface area contributed by atoms with Crippen LogP contribution in [0.2, 0.25) is 0 Å². The second-order valence-corrected chi connectivity index (χ2v) is 7.70. The van der Waals surface area contributed by atoms with E-state index in [0.29, 0.717) is 6.54 Å². The second-order valence-electron chi connectivity index (χ2n) is 7.70. The highest BCUT2D eigenvalue weighted by molar-refractivity contribution is 5.68. The Kier molecular flexibility index (Phi) is 4.60. The van der Waals surface area contributed by atoms with Gasteiger partial charge in [-0.05, 0) is 46.5 Å². The summed E-state index contributed by atoms with van der Waals surface area (Å²) in [7, 11) is 0. The number of hydrogen-bond acceptors (Lipinski definition) is 4. The highest BCUT2D eigenvalue weighted by Gasteiger charge is 2.31. The molecule has 0 spiro atoms. The summed E-state index contributed by atoms with van der Waals surface area (Å²) < 4.78 is 7.82. The second kappa shape index (κ2) is 6.49. The molecule has 2 aliphatic rings. The molecule has 2 aliphatic heterocycles. The Labute approximate surface area is 138 Å². The molecule has 0 bridgehead atoms. The number of carbonyl (C=O) groups excluding carboxylic acids is 1. The van der Waals surface area contributed by atoms with Crippen LogP contribution in [0, 0.1) is 0 Å². The van der Waals surface area contributed by atoms with E-state index in [-0.39, 0.29) is 12.0 Å². The number of nitrogens with zero attached hydrogens (tertiary/aromatic N) is 4. The first-order chi connectivity index (χ1) is 10.9. The number of fused-ring (bicyclic) bond motifs is 1. The maximum absolute atomic E-state index is 12.3. The number of hydrogen-bond donors (Lipinski definition) is 0. The number of carbonyl (C=O) groups is 1. The van der Waals surface area contributed by atoms with E-state index in [1.807, 2.05) is 25.7 Å². The lowest BCUT2D eigenvalue weighted by atomic mass is 9.97. The van der Waals surface area contributed by atoms with Gasteiger partial charge in [-0.1, -0.05) is 6.42 Å². The fourth-order valence-electron chi connectivity index (χ4n) is 3.49. The van der Waals surface area contributed by atoms with Crippen LogP contribution < -0.4 is 0 Å². The molecule has 0 radical (unpaired) electrons. The average molecular weight is 320 g/mol. The van der Waals surface area contributed by atoms with Gasteiger partial charge < -0.3 is 14.2 Å².